The molecule has 0 radical (unpaired) electrons. The lowest BCUT2D eigenvalue weighted by Gasteiger charge is -2.03. The van der Waals surface area contributed by atoms with Crippen LogP contribution in [-0.4, -0.2) is 27.1 Å². The molecule has 6 nitrogen and oxygen atoms in total. The van der Waals surface area contributed by atoms with E-state index in [0.717, 1.165) is 0 Å². The third-order valence-corrected chi connectivity index (χ3v) is 4.82. The van der Waals surface area contributed by atoms with Crippen molar-refractivity contribution in [2.75, 3.05) is 7.05 Å². The fourth-order valence-corrected chi connectivity index (χ4v) is 3.33. The van der Waals surface area contributed by atoms with Crippen molar-refractivity contribution in [3.8, 4) is 11.1 Å². The zero-order valence-corrected chi connectivity index (χ0v) is 13.5. The second-order valence-electron chi connectivity index (χ2n) is 4.71. The Bertz CT molecular complexity index is 857. The lowest BCUT2D eigenvalue weighted by atomic mass is 10.0. The number of carbonyl (C=O) groups excluding carboxylic acids is 1. The standard InChI is InChI=1S/C15H10N2O4S2/c1-16-14(18)13(23-15(16)22)8-12-10(6-7-21-12)9-4-2-3-5-11(9)17(19)20/h2-8H,1H3/b13-8-. The fraction of sp³-hybridized carbons (Fsp3) is 0.0667. The van der Waals surface area contributed by atoms with Crippen LogP contribution in [0.25, 0.3) is 17.2 Å². The average Bonchev–Trinajstić information content (AvgIpc) is 3.08. The molecule has 1 aliphatic rings. The molecule has 2 aromatic rings. The van der Waals surface area contributed by atoms with Crippen molar-refractivity contribution in [1.82, 2.24) is 4.90 Å². The Balaban J connectivity index is 2.07. The smallest absolute Gasteiger partial charge is 0.277 e. The predicted molar refractivity (Wildman–Crippen MR) is 91.7 cm³/mol. The summed E-state index contributed by atoms with van der Waals surface area (Å²) in [7, 11) is 1.60. The van der Waals surface area contributed by atoms with Crippen molar-refractivity contribution in [2.24, 2.45) is 0 Å². The van der Waals surface area contributed by atoms with E-state index in [1.165, 1.54) is 29.0 Å². The quantitative estimate of drug-likeness (QED) is 0.365. The average molecular weight is 346 g/mol. The van der Waals surface area contributed by atoms with Crippen LogP contribution in [0.4, 0.5) is 5.69 Å². The van der Waals surface area contributed by atoms with Crippen molar-refractivity contribution in [1.29, 1.82) is 0 Å². The molecule has 8 heteroatoms. The minimum absolute atomic E-state index is 0.0217. The first-order valence-electron chi connectivity index (χ1n) is 6.52. The van der Waals surface area contributed by atoms with Crippen LogP contribution in [0.15, 0.2) is 45.9 Å². The molecule has 0 unspecified atom stereocenters. The molecular formula is C15H10N2O4S2. The van der Waals surface area contributed by atoms with E-state index in [1.54, 1.807) is 37.4 Å². The molecule has 1 saturated heterocycles. The van der Waals surface area contributed by atoms with Gasteiger partial charge in [0, 0.05) is 24.8 Å². The molecule has 1 amide bonds. The number of hydrogen-bond acceptors (Lipinski definition) is 6. The highest BCUT2D eigenvalue weighted by Crippen LogP contribution is 2.37. The summed E-state index contributed by atoms with van der Waals surface area (Å²) in [6, 6.07) is 8.03. The van der Waals surface area contributed by atoms with E-state index in [4.69, 9.17) is 16.6 Å². The van der Waals surface area contributed by atoms with E-state index in [0.29, 0.717) is 26.1 Å². The number of thioether (sulfide) groups is 1. The topological polar surface area (TPSA) is 76.6 Å². The Labute approximate surface area is 140 Å². The highest BCUT2D eigenvalue weighted by atomic mass is 32.2. The zero-order chi connectivity index (χ0) is 16.6. The Kier molecular flexibility index (Phi) is 4.01. The summed E-state index contributed by atoms with van der Waals surface area (Å²) < 4.78 is 5.87. The summed E-state index contributed by atoms with van der Waals surface area (Å²) in [5, 5.41) is 11.2. The second kappa shape index (κ2) is 5.98. The maximum atomic E-state index is 12.1. The van der Waals surface area contributed by atoms with Crippen LogP contribution in [0.1, 0.15) is 5.76 Å². The summed E-state index contributed by atoms with van der Waals surface area (Å²) in [5.41, 5.74) is 0.967. The Morgan fingerprint density at radius 3 is 2.70 bits per heavy atom. The third-order valence-electron chi connectivity index (χ3n) is 3.33. The molecule has 0 spiro atoms. The Hall–Kier alpha value is -2.45. The van der Waals surface area contributed by atoms with Gasteiger partial charge in [0.2, 0.25) is 0 Å². The van der Waals surface area contributed by atoms with Crippen molar-refractivity contribution in [3.63, 3.8) is 0 Å². The van der Waals surface area contributed by atoms with E-state index in [1.807, 2.05) is 0 Å². The number of carbonyl (C=O) groups is 1. The first-order valence-corrected chi connectivity index (χ1v) is 7.74. The normalized spacial score (nSPS) is 16.4. The maximum Gasteiger partial charge on any atom is 0.277 e. The SMILES string of the molecule is CN1C(=O)/C(=C/c2occc2-c2ccccc2[N+](=O)[O-])SC1=S. The molecule has 0 aliphatic carbocycles. The first kappa shape index (κ1) is 15.4. The number of furan rings is 1. The van der Waals surface area contributed by atoms with Crippen LogP contribution >= 0.6 is 24.0 Å². The van der Waals surface area contributed by atoms with Gasteiger partial charge in [0.05, 0.1) is 21.7 Å². The fourth-order valence-electron chi connectivity index (χ4n) is 2.18. The second-order valence-corrected chi connectivity index (χ2v) is 6.39. The van der Waals surface area contributed by atoms with Crippen molar-refractivity contribution < 1.29 is 14.1 Å². The summed E-state index contributed by atoms with van der Waals surface area (Å²) in [6.07, 6.45) is 3.00. The van der Waals surface area contributed by atoms with Gasteiger partial charge in [-0.05, 0) is 12.1 Å². The van der Waals surface area contributed by atoms with Gasteiger partial charge in [-0.2, -0.15) is 0 Å². The van der Waals surface area contributed by atoms with Crippen molar-refractivity contribution in [2.45, 2.75) is 0 Å². The van der Waals surface area contributed by atoms with Gasteiger partial charge in [0.15, 0.2) is 0 Å². The van der Waals surface area contributed by atoms with E-state index in [9.17, 15) is 14.9 Å². The lowest BCUT2D eigenvalue weighted by Crippen LogP contribution is -2.22. The minimum Gasteiger partial charge on any atom is -0.464 e. The van der Waals surface area contributed by atoms with Crippen molar-refractivity contribution in [3.05, 3.63) is 57.4 Å². The largest absolute Gasteiger partial charge is 0.464 e. The van der Waals surface area contributed by atoms with Gasteiger partial charge in [-0.1, -0.05) is 36.1 Å². The third kappa shape index (κ3) is 2.78. The zero-order valence-electron chi connectivity index (χ0n) is 11.9. The molecular weight excluding hydrogens is 336 g/mol. The van der Waals surface area contributed by atoms with E-state index < -0.39 is 4.92 Å². The Morgan fingerprint density at radius 1 is 1.30 bits per heavy atom. The monoisotopic (exact) mass is 346 g/mol. The summed E-state index contributed by atoms with van der Waals surface area (Å²) in [6.45, 7) is 0. The number of para-hydroxylation sites is 1. The number of rotatable bonds is 3. The highest BCUT2D eigenvalue weighted by molar-refractivity contribution is 8.26. The minimum atomic E-state index is -0.447. The first-order chi connectivity index (χ1) is 11.0. The summed E-state index contributed by atoms with van der Waals surface area (Å²) in [5.74, 6) is 0.165. The van der Waals surface area contributed by atoms with Gasteiger partial charge in [-0.25, -0.2) is 0 Å². The molecule has 3 rings (SSSR count). The van der Waals surface area contributed by atoms with E-state index in [-0.39, 0.29) is 11.6 Å². The van der Waals surface area contributed by atoms with Crippen LogP contribution in [-0.2, 0) is 4.79 Å². The number of amides is 1. The molecule has 0 N–H and O–H groups in total. The van der Waals surface area contributed by atoms with Gasteiger partial charge in [0.25, 0.3) is 11.6 Å². The van der Waals surface area contributed by atoms with Gasteiger partial charge in [-0.3, -0.25) is 19.8 Å². The molecule has 116 valence electrons. The Morgan fingerprint density at radius 2 is 2.04 bits per heavy atom. The number of likely N-dealkylation sites (N-methyl/N-ethyl adjacent to an activating group) is 1. The maximum absolute atomic E-state index is 12.1. The van der Waals surface area contributed by atoms with Crippen LogP contribution in [0.5, 0.6) is 0 Å². The molecule has 1 fully saturated rings. The molecule has 1 aromatic heterocycles. The van der Waals surface area contributed by atoms with Gasteiger partial charge in [-0.15, -0.1) is 0 Å². The number of benzene rings is 1. The molecule has 23 heavy (non-hydrogen) atoms. The molecule has 1 aromatic carbocycles. The molecule has 0 atom stereocenters. The lowest BCUT2D eigenvalue weighted by molar-refractivity contribution is -0.384. The van der Waals surface area contributed by atoms with Crippen LogP contribution in [0.2, 0.25) is 0 Å². The number of nitro benzene ring substituents is 1. The molecule has 1 aliphatic heterocycles. The molecule has 0 bridgehead atoms. The van der Waals surface area contributed by atoms with Crippen LogP contribution in [0, 0.1) is 10.1 Å². The van der Waals surface area contributed by atoms with Crippen LogP contribution in [0.3, 0.4) is 0 Å². The van der Waals surface area contributed by atoms with Gasteiger partial charge in [0.1, 0.15) is 10.1 Å². The predicted octanol–water partition coefficient (Wildman–Crippen LogP) is 3.69. The summed E-state index contributed by atoms with van der Waals surface area (Å²) in [4.78, 5) is 24.6. The molecule has 0 saturated carbocycles. The number of nitrogens with zero attached hydrogens (tertiary/aromatic N) is 2. The van der Waals surface area contributed by atoms with Crippen LogP contribution < -0.4 is 0 Å². The highest BCUT2D eigenvalue weighted by Gasteiger charge is 2.29. The van der Waals surface area contributed by atoms with Gasteiger partial charge < -0.3 is 4.42 Å². The number of thiocarbonyl (C=S) groups is 1. The molecule has 2 heterocycles. The summed E-state index contributed by atoms with van der Waals surface area (Å²) >= 11 is 6.25. The van der Waals surface area contributed by atoms with E-state index >= 15 is 0 Å². The number of nitro groups is 1. The van der Waals surface area contributed by atoms with Crippen molar-refractivity contribution >= 4 is 46.0 Å². The number of hydrogen-bond donors (Lipinski definition) is 0. The van der Waals surface area contributed by atoms with Gasteiger partial charge >= 0.3 is 0 Å². The van der Waals surface area contributed by atoms with E-state index in [2.05, 4.69) is 0 Å².